The van der Waals surface area contributed by atoms with Gasteiger partial charge in [-0.15, -0.1) is 6.58 Å². The highest BCUT2D eigenvalue weighted by molar-refractivity contribution is 8.03. The third-order valence-electron chi connectivity index (χ3n) is 3.24. The van der Waals surface area contributed by atoms with Gasteiger partial charge in [-0.3, -0.25) is 0 Å². The van der Waals surface area contributed by atoms with Crippen LogP contribution in [-0.2, 0) is 7.05 Å². The van der Waals surface area contributed by atoms with E-state index in [1.807, 2.05) is 29.5 Å². The maximum absolute atomic E-state index is 3.87. The summed E-state index contributed by atoms with van der Waals surface area (Å²) in [5, 5.41) is 1.25. The van der Waals surface area contributed by atoms with Crippen molar-refractivity contribution in [2.75, 3.05) is 11.4 Å². The number of para-hydroxylation sites is 1. The summed E-state index contributed by atoms with van der Waals surface area (Å²) in [7, 11) is 2.03. The SMILES string of the molecule is C=CCN1/C(=C/c2cc[n+](C)cc2)Sc2ccccc21.[I-]. The lowest BCUT2D eigenvalue weighted by Crippen LogP contribution is -3.00. The van der Waals surface area contributed by atoms with Gasteiger partial charge in [0.15, 0.2) is 12.4 Å². The van der Waals surface area contributed by atoms with E-state index in [2.05, 4.69) is 66.3 Å². The Morgan fingerprint density at radius 3 is 2.62 bits per heavy atom. The molecule has 21 heavy (non-hydrogen) atoms. The van der Waals surface area contributed by atoms with Crippen molar-refractivity contribution in [2.24, 2.45) is 7.05 Å². The molecule has 0 N–H and O–H groups in total. The second-order valence-corrected chi connectivity index (χ2v) is 5.81. The number of hydrogen-bond donors (Lipinski definition) is 0. The number of anilines is 1. The van der Waals surface area contributed by atoms with Crippen LogP contribution in [-0.4, -0.2) is 6.54 Å². The van der Waals surface area contributed by atoms with E-state index in [1.165, 1.54) is 21.2 Å². The molecule has 0 atom stereocenters. The van der Waals surface area contributed by atoms with Crippen LogP contribution >= 0.6 is 11.8 Å². The van der Waals surface area contributed by atoms with Gasteiger partial charge >= 0.3 is 0 Å². The van der Waals surface area contributed by atoms with E-state index >= 15 is 0 Å². The summed E-state index contributed by atoms with van der Waals surface area (Å²) in [5.74, 6) is 0. The minimum Gasteiger partial charge on any atom is -1.00 e. The van der Waals surface area contributed by atoms with E-state index in [4.69, 9.17) is 0 Å². The molecule has 2 aromatic rings. The minimum absolute atomic E-state index is 0. The summed E-state index contributed by atoms with van der Waals surface area (Å²) in [6.07, 6.45) is 8.31. The second-order valence-electron chi connectivity index (χ2n) is 4.75. The molecule has 1 aliphatic rings. The number of rotatable bonds is 3. The van der Waals surface area contributed by atoms with Crippen molar-refractivity contribution in [2.45, 2.75) is 4.90 Å². The van der Waals surface area contributed by atoms with Gasteiger partial charge in [0.05, 0.1) is 10.7 Å². The average Bonchev–Trinajstić information content (AvgIpc) is 2.80. The van der Waals surface area contributed by atoms with E-state index in [0.29, 0.717) is 0 Å². The van der Waals surface area contributed by atoms with Crippen LogP contribution in [0.15, 0.2) is 71.4 Å². The fourth-order valence-electron chi connectivity index (χ4n) is 2.23. The molecule has 0 bridgehead atoms. The average molecular weight is 408 g/mol. The normalized spacial score (nSPS) is 14.7. The zero-order chi connectivity index (χ0) is 13.9. The van der Waals surface area contributed by atoms with Crippen LogP contribution < -0.4 is 33.4 Å². The molecule has 1 aromatic heterocycles. The van der Waals surface area contributed by atoms with Crippen LogP contribution in [0.3, 0.4) is 0 Å². The zero-order valence-electron chi connectivity index (χ0n) is 11.9. The van der Waals surface area contributed by atoms with Gasteiger partial charge in [-0.1, -0.05) is 30.0 Å². The van der Waals surface area contributed by atoms with Crippen molar-refractivity contribution in [1.82, 2.24) is 0 Å². The van der Waals surface area contributed by atoms with Gasteiger partial charge < -0.3 is 28.9 Å². The largest absolute Gasteiger partial charge is 1.00 e. The maximum atomic E-state index is 3.87. The Morgan fingerprint density at radius 1 is 1.19 bits per heavy atom. The molecule has 0 aliphatic carbocycles. The van der Waals surface area contributed by atoms with Gasteiger partial charge in [0, 0.05) is 23.6 Å². The summed E-state index contributed by atoms with van der Waals surface area (Å²) < 4.78 is 2.04. The van der Waals surface area contributed by atoms with Crippen LogP contribution in [0, 0.1) is 0 Å². The van der Waals surface area contributed by atoms with Gasteiger partial charge in [-0.25, -0.2) is 4.57 Å². The Kier molecular flexibility index (Phi) is 5.47. The Labute approximate surface area is 147 Å². The summed E-state index contributed by atoms with van der Waals surface area (Å²) in [6, 6.07) is 12.8. The van der Waals surface area contributed by atoms with Crippen molar-refractivity contribution in [3.63, 3.8) is 0 Å². The molecule has 1 aromatic carbocycles. The second kappa shape index (κ2) is 7.13. The topological polar surface area (TPSA) is 7.12 Å². The molecule has 3 rings (SSSR count). The quantitative estimate of drug-likeness (QED) is 0.418. The molecule has 0 spiro atoms. The first-order valence-corrected chi connectivity index (χ1v) is 7.42. The minimum atomic E-state index is 0. The molecule has 0 unspecified atom stereocenters. The van der Waals surface area contributed by atoms with Gasteiger partial charge in [-0.2, -0.15) is 0 Å². The van der Waals surface area contributed by atoms with E-state index in [0.717, 1.165) is 6.54 Å². The first-order valence-electron chi connectivity index (χ1n) is 6.60. The highest BCUT2D eigenvalue weighted by atomic mass is 127. The standard InChI is InChI=1S/C17H17N2S.HI/c1-3-10-19-15-6-4-5-7-16(15)20-17(19)13-14-8-11-18(2)12-9-14;/h3-9,11-13H,1,10H2,2H3;1H/q+1;/p-1. The van der Waals surface area contributed by atoms with Crippen LogP contribution in [0.25, 0.3) is 6.08 Å². The number of fused-ring (bicyclic) bond motifs is 1. The van der Waals surface area contributed by atoms with Crippen molar-refractivity contribution in [3.05, 3.63) is 72.0 Å². The third kappa shape index (κ3) is 3.49. The van der Waals surface area contributed by atoms with Crippen LogP contribution in [0.2, 0.25) is 0 Å². The molecule has 4 heteroatoms. The molecule has 0 saturated heterocycles. The number of aromatic nitrogens is 1. The van der Waals surface area contributed by atoms with E-state index in [9.17, 15) is 0 Å². The van der Waals surface area contributed by atoms with Gasteiger partial charge in [-0.05, 0) is 23.8 Å². The fourth-order valence-corrected chi connectivity index (χ4v) is 3.36. The van der Waals surface area contributed by atoms with Gasteiger partial charge in [0.25, 0.3) is 0 Å². The Morgan fingerprint density at radius 2 is 1.90 bits per heavy atom. The molecular formula is C17H17IN2S. The first kappa shape index (κ1) is 16.1. The van der Waals surface area contributed by atoms with Crippen molar-refractivity contribution >= 4 is 23.5 Å². The maximum Gasteiger partial charge on any atom is 0.169 e. The monoisotopic (exact) mass is 408 g/mol. The van der Waals surface area contributed by atoms with Crippen molar-refractivity contribution < 1.29 is 28.5 Å². The first-order chi connectivity index (χ1) is 9.78. The summed E-state index contributed by atoms with van der Waals surface area (Å²) in [4.78, 5) is 3.61. The lowest BCUT2D eigenvalue weighted by Gasteiger charge is -2.18. The summed E-state index contributed by atoms with van der Waals surface area (Å²) >= 11 is 1.82. The number of pyridine rings is 1. The smallest absolute Gasteiger partial charge is 0.169 e. The predicted octanol–water partition coefficient (Wildman–Crippen LogP) is 0.612. The molecule has 2 nitrogen and oxygen atoms in total. The number of benzene rings is 1. The number of thioether (sulfide) groups is 1. The van der Waals surface area contributed by atoms with Crippen LogP contribution in [0.4, 0.5) is 5.69 Å². The molecule has 0 radical (unpaired) electrons. The van der Waals surface area contributed by atoms with E-state index in [1.54, 1.807) is 0 Å². The fraction of sp³-hybridized carbons (Fsp3) is 0.118. The molecular weight excluding hydrogens is 391 g/mol. The van der Waals surface area contributed by atoms with E-state index < -0.39 is 0 Å². The molecule has 1 aliphatic heterocycles. The molecule has 108 valence electrons. The van der Waals surface area contributed by atoms with Crippen LogP contribution in [0.1, 0.15) is 5.56 Å². The van der Waals surface area contributed by atoms with Gasteiger partial charge in [0.2, 0.25) is 0 Å². The lowest BCUT2D eigenvalue weighted by molar-refractivity contribution is -0.671. The number of hydrogen-bond acceptors (Lipinski definition) is 2. The third-order valence-corrected chi connectivity index (χ3v) is 4.36. The number of aryl methyl sites for hydroxylation is 1. The van der Waals surface area contributed by atoms with Crippen molar-refractivity contribution in [1.29, 1.82) is 0 Å². The summed E-state index contributed by atoms with van der Waals surface area (Å²) in [6.45, 7) is 4.70. The summed E-state index contributed by atoms with van der Waals surface area (Å²) in [5.41, 5.74) is 2.48. The predicted molar refractivity (Wildman–Crippen MR) is 85.4 cm³/mol. The number of nitrogens with zero attached hydrogens (tertiary/aromatic N) is 2. The van der Waals surface area contributed by atoms with Crippen LogP contribution in [0.5, 0.6) is 0 Å². The Balaban J connectivity index is 0.00000161. The lowest BCUT2D eigenvalue weighted by atomic mass is 10.2. The zero-order valence-corrected chi connectivity index (χ0v) is 14.8. The van der Waals surface area contributed by atoms with Gasteiger partial charge in [0.1, 0.15) is 7.05 Å². The molecule has 0 amide bonds. The highest BCUT2D eigenvalue weighted by Crippen LogP contribution is 2.46. The Hall–Kier alpha value is -1.27. The Bertz CT molecular complexity index is 665. The molecule has 2 heterocycles. The number of halogens is 1. The molecule has 0 saturated carbocycles. The molecule has 0 fully saturated rings. The van der Waals surface area contributed by atoms with Crippen molar-refractivity contribution in [3.8, 4) is 0 Å². The van der Waals surface area contributed by atoms with E-state index in [-0.39, 0.29) is 24.0 Å². The highest BCUT2D eigenvalue weighted by Gasteiger charge is 2.23.